The van der Waals surface area contributed by atoms with E-state index in [1.807, 2.05) is 20.0 Å². The van der Waals surface area contributed by atoms with Gasteiger partial charge in [0.05, 0.1) is 16.7 Å². The summed E-state index contributed by atoms with van der Waals surface area (Å²) in [4.78, 5) is 12.2. The lowest BCUT2D eigenvalue weighted by Gasteiger charge is -2.07. The van der Waals surface area contributed by atoms with Gasteiger partial charge in [0.2, 0.25) is 5.91 Å². The van der Waals surface area contributed by atoms with Crippen molar-refractivity contribution < 1.29 is 9.18 Å². The fourth-order valence-corrected chi connectivity index (χ4v) is 3.11. The molecular formula is C18H18BrClFN5O. The molecule has 1 amide bonds. The Morgan fingerprint density at radius 2 is 2.07 bits per heavy atom. The Bertz CT molecular complexity index is 965. The topological polar surface area (TPSA) is 64.7 Å². The molecular weight excluding hydrogens is 437 g/mol. The van der Waals surface area contributed by atoms with Crippen LogP contribution in [-0.4, -0.2) is 25.5 Å². The van der Waals surface area contributed by atoms with Crippen molar-refractivity contribution in [2.24, 2.45) is 0 Å². The largest absolute Gasteiger partial charge is 0.309 e. The normalized spacial score (nSPS) is 11.0. The zero-order chi connectivity index (χ0) is 19.6. The lowest BCUT2D eigenvalue weighted by atomic mass is 10.2. The van der Waals surface area contributed by atoms with Crippen molar-refractivity contribution in [3.8, 4) is 0 Å². The third kappa shape index (κ3) is 4.95. The average Bonchev–Trinajstić information content (AvgIpc) is 3.10. The molecule has 2 aromatic heterocycles. The predicted molar refractivity (Wildman–Crippen MR) is 105 cm³/mol. The number of benzene rings is 1. The van der Waals surface area contributed by atoms with Gasteiger partial charge in [-0.15, -0.1) is 0 Å². The van der Waals surface area contributed by atoms with E-state index >= 15 is 0 Å². The number of hydrogen-bond donors (Lipinski definition) is 1. The maximum atomic E-state index is 13.2. The first-order valence-electron chi connectivity index (χ1n) is 8.29. The van der Waals surface area contributed by atoms with Crippen LogP contribution in [0.15, 0.2) is 34.9 Å². The summed E-state index contributed by atoms with van der Waals surface area (Å²) in [6.07, 6.45) is 2.12. The Kier molecular flexibility index (Phi) is 5.96. The number of anilines is 1. The molecule has 0 unspecified atom stereocenters. The summed E-state index contributed by atoms with van der Waals surface area (Å²) in [5.74, 6) is -0.0643. The lowest BCUT2D eigenvalue weighted by molar-refractivity contribution is -0.116. The smallest absolute Gasteiger partial charge is 0.227 e. The van der Waals surface area contributed by atoms with Gasteiger partial charge in [-0.05, 0) is 47.5 Å². The van der Waals surface area contributed by atoms with Gasteiger partial charge in [0.25, 0.3) is 0 Å². The number of aromatic nitrogens is 4. The number of carbonyl (C=O) groups is 1. The molecule has 0 fully saturated rings. The van der Waals surface area contributed by atoms with Crippen LogP contribution in [0.25, 0.3) is 0 Å². The second kappa shape index (κ2) is 8.22. The minimum Gasteiger partial charge on any atom is -0.309 e. The van der Waals surface area contributed by atoms with Gasteiger partial charge >= 0.3 is 0 Å². The van der Waals surface area contributed by atoms with E-state index in [0.29, 0.717) is 23.9 Å². The second-order valence-corrected chi connectivity index (χ2v) is 7.45. The van der Waals surface area contributed by atoms with Gasteiger partial charge < -0.3 is 5.32 Å². The zero-order valence-electron chi connectivity index (χ0n) is 14.8. The summed E-state index contributed by atoms with van der Waals surface area (Å²) in [5, 5.41) is 11.8. The number of nitrogens with one attached hydrogen (secondary N) is 1. The van der Waals surface area contributed by atoms with Crippen molar-refractivity contribution in [3.05, 3.63) is 62.7 Å². The highest BCUT2D eigenvalue weighted by Crippen LogP contribution is 2.20. The molecule has 9 heteroatoms. The standard InChI is InChI=1S/C18H18BrClFN5O/c1-11-7-17(22-18(27)5-6-25-10-15(19)12(2)23-25)24-26(11)9-13-3-4-14(21)8-16(13)20/h3-4,7-8,10H,5-6,9H2,1-2H3,(H,22,24,27). The molecule has 0 aliphatic rings. The summed E-state index contributed by atoms with van der Waals surface area (Å²) in [5.41, 5.74) is 2.49. The van der Waals surface area contributed by atoms with Crippen LogP contribution in [0.5, 0.6) is 0 Å². The average molecular weight is 455 g/mol. The third-order valence-corrected chi connectivity index (χ3v) is 5.17. The molecule has 6 nitrogen and oxygen atoms in total. The van der Waals surface area contributed by atoms with E-state index in [4.69, 9.17) is 11.6 Å². The van der Waals surface area contributed by atoms with Crippen LogP contribution < -0.4 is 5.32 Å². The van der Waals surface area contributed by atoms with Crippen molar-refractivity contribution in [3.63, 3.8) is 0 Å². The molecule has 1 aromatic carbocycles. The maximum absolute atomic E-state index is 13.2. The molecule has 0 bridgehead atoms. The SMILES string of the molecule is Cc1nn(CCC(=O)Nc2cc(C)n(Cc3ccc(F)cc3Cl)n2)cc1Br. The Morgan fingerprint density at radius 3 is 2.74 bits per heavy atom. The third-order valence-electron chi connectivity index (χ3n) is 4.04. The van der Waals surface area contributed by atoms with Gasteiger partial charge in [-0.1, -0.05) is 17.7 Å². The summed E-state index contributed by atoms with van der Waals surface area (Å²) in [7, 11) is 0. The molecule has 1 N–H and O–H groups in total. The highest BCUT2D eigenvalue weighted by Gasteiger charge is 2.11. The molecule has 3 rings (SSSR count). The number of amides is 1. The number of hydrogen-bond acceptors (Lipinski definition) is 3. The van der Waals surface area contributed by atoms with E-state index < -0.39 is 0 Å². The van der Waals surface area contributed by atoms with Crippen molar-refractivity contribution in [1.82, 2.24) is 19.6 Å². The quantitative estimate of drug-likeness (QED) is 0.603. The molecule has 27 heavy (non-hydrogen) atoms. The molecule has 0 spiro atoms. The zero-order valence-corrected chi connectivity index (χ0v) is 17.2. The fraction of sp³-hybridized carbons (Fsp3) is 0.278. The van der Waals surface area contributed by atoms with Crippen LogP contribution in [0.2, 0.25) is 5.02 Å². The first kappa shape index (κ1) is 19.6. The van der Waals surface area contributed by atoms with Crippen LogP contribution in [0.3, 0.4) is 0 Å². The maximum Gasteiger partial charge on any atom is 0.227 e. The molecule has 2 heterocycles. The summed E-state index contributed by atoms with van der Waals surface area (Å²) in [6, 6.07) is 6.04. The summed E-state index contributed by atoms with van der Waals surface area (Å²) < 4.78 is 17.5. The Morgan fingerprint density at radius 1 is 1.30 bits per heavy atom. The minimum atomic E-state index is -0.381. The molecule has 0 saturated heterocycles. The van der Waals surface area contributed by atoms with Crippen LogP contribution in [0.4, 0.5) is 10.2 Å². The molecule has 0 saturated carbocycles. The minimum absolute atomic E-state index is 0.149. The Balaban J connectivity index is 1.61. The van der Waals surface area contributed by atoms with Crippen molar-refractivity contribution in [2.75, 3.05) is 5.32 Å². The highest BCUT2D eigenvalue weighted by atomic mass is 79.9. The molecule has 3 aromatic rings. The highest BCUT2D eigenvalue weighted by molar-refractivity contribution is 9.10. The van der Waals surface area contributed by atoms with Gasteiger partial charge in [0.1, 0.15) is 5.82 Å². The first-order valence-corrected chi connectivity index (χ1v) is 9.46. The number of carbonyl (C=O) groups excluding carboxylic acids is 1. The lowest BCUT2D eigenvalue weighted by Crippen LogP contribution is -2.15. The Hall–Kier alpha value is -2.19. The van der Waals surface area contributed by atoms with Crippen LogP contribution in [0, 0.1) is 19.7 Å². The molecule has 142 valence electrons. The number of rotatable bonds is 6. The molecule has 0 aliphatic carbocycles. The van der Waals surface area contributed by atoms with E-state index in [-0.39, 0.29) is 18.1 Å². The molecule has 0 radical (unpaired) electrons. The van der Waals surface area contributed by atoms with Crippen LogP contribution >= 0.6 is 27.5 Å². The number of aryl methyl sites for hydroxylation is 3. The first-order chi connectivity index (χ1) is 12.8. The fourth-order valence-electron chi connectivity index (χ4n) is 2.57. The van der Waals surface area contributed by atoms with Gasteiger partial charge in [-0.25, -0.2) is 4.39 Å². The number of halogens is 3. The van der Waals surface area contributed by atoms with E-state index in [2.05, 4.69) is 31.4 Å². The van der Waals surface area contributed by atoms with E-state index in [1.54, 1.807) is 21.5 Å². The van der Waals surface area contributed by atoms with E-state index in [9.17, 15) is 9.18 Å². The predicted octanol–water partition coefficient (Wildman–Crippen LogP) is 4.33. The van der Waals surface area contributed by atoms with Gasteiger partial charge in [-0.3, -0.25) is 14.2 Å². The van der Waals surface area contributed by atoms with Crippen molar-refractivity contribution in [2.45, 2.75) is 33.4 Å². The van der Waals surface area contributed by atoms with E-state index in [1.165, 1.54) is 12.1 Å². The van der Waals surface area contributed by atoms with Gasteiger partial charge in [0.15, 0.2) is 5.82 Å². The Labute approximate surface area is 169 Å². The summed E-state index contributed by atoms with van der Waals surface area (Å²) in [6.45, 7) is 4.64. The monoisotopic (exact) mass is 453 g/mol. The molecule has 0 atom stereocenters. The van der Waals surface area contributed by atoms with Crippen LogP contribution in [0.1, 0.15) is 23.4 Å². The van der Waals surface area contributed by atoms with Crippen molar-refractivity contribution >= 4 is 39.3 Å². The van der Waals surface area contributed by atoms with Gasteiger partial charge in [0, 0.05) is 35.9 Å². The number of nitrogens with zero attached hydrogens (tertiary/aromatic N) is 4. The van der Waals surface area contributed by atoms with E-state index in [0.717, 1.165) is 21.4 Å². The molecule has 0 aliphatic heterocycles. The summed E-state index contributed by atoms with van der Waals surface area (Å²) >= 11 is 9.47. The van der Waals surface area contributed by atoms with Crippen LogP contribution in [-0.2, 0) is 17.9 Å². The van der Waals surface area contributed by atoms with Crippen molar-refractivity contribution in [1.29, 1.82) is 0 Å². The van der Waals surface area contributed by atoms with Gasteiger partial charge in [-0.2, -0.15) is 10.2 Å². The second-order valence-electron chi connectivity index (χ2n) is 6.19.